The molecular formula is C11H15N3O3S. The van der Waals surface area contributed by atoms with E-state index in [1.807, 2.05) is 13.8 Å². The van der Waals surface area contributed by atoms with Crippen molar-refractivity contribution in [2.75, 3.05) is 11.5 Å². The summed E-state index contributed by atoms with van der Waals surface area (Å²) in [5.74, 6) is -0.997. The summed E-state index contributed by atoms with van der Waals surface area (Å²) in [6, 6.07) is 1.41. The van der Waals surface area contributed by atoms with Crippen LogP contribution in [0.1, 0.15) is 24.2 Å². The van der Waals surface area contributed by atoms with Crippen LogP contribution >= 0.6 is 11.8 Å². The van der Waals surface area contributed by atoms with Gasteiger partial charge in [-0.3, -0.25) is 4.79 Å². The summed E-state index contributed by atoms with van der Waals surface area (Å²) in [6.07, 6.45) is 1.22. The lowest BCUT2D eigenvalue weighted by molar-refractivity contribution is -0.119. The van der Waals surface area contributed by atoms with Crippen molar-refractivity contribution in [3.8, 4) is 0 Å². The molecular weight excluding hydrogens is 254 g/mol. The molecule has 1 amide bonds. The molecule has 1 rings (SSSR count). The van der Waals surface area contributed by atoms with Crippen molar-refractivity contribution in [1.82, 2.24) is 10.3 Å². The van der Waals surface area contributed by atoms with Crippen LogP contribution in [0.5, 0.6) is 0 Å². The SMILES string of the molecule is CC(C)NC(=O)CSc1ncc(C(=O)O)cc1N. The van der Waals surface area contributed by atoms with Crippen LogP contribution in [0.3, 0.4) is 0 Å². The maximum absolute atomic E-state index is 11.4. The molecule has 0 fully saturated rings. The van der Waals surface area contributed by atoms with Gasteiger partial charge in [0.15, 0.2) is 0 Å². The van der Waals surface area contributed by atoms with Crippen molar-refractivity contribution in [1.29, 1.82) is 0 Å². The quantitative estimate of drug-likeness (QED) is 0.688. The third-order valence-electron chi connectivity index (χ3n) is 1.92. The Balaban J connectivity index is 2.63. The van der Waals surface area contributed by atoms with Crippen molar-refractivity contribution >= 4 is 29.3 Å². The van der Waals surface area contributed by atoms with Crippen molar-refractivity contribution in [2.24, 2.45) is 0 Å². The number of pyridine rings is 1. The van der Waals surface area contributed by atoms with Gasteiger partial charge in [0.05, 0.1) is 17.0 Å². The van der Waals surface area contributed by atoms with E-state index < -0.39 is 5.97 Å². The fraction of sp³-hybridized carbons (Fsp3) is 0.364. The zero-order valence-corrected chi connectivity index (χ0v) is 11.0. The van der Waals surface area contributed by atoms with Crippen molar-refractivity contribution in [3.63, 3.8) is 0 Å². The average Bonchev–Trinajstić information content (AvgIpc) is 2.26. The summed E-state index contributed by atoms with van der Waals surface area (Å²) in [6.45, 7) is 3.74. The van der Waals surface area contributed by atoms with Gasteiger partial charge in [-0.2, -0.15) is 0 Å². The summed E-state index contributed by atoms with van der Waals surface area (Å²) in [5.41, 5.74) is 5.96. The number of carboxylic acid groups (broad SMARTS) is 1. The third kappa shape index (κ3) is 4.25. The largest absolute Gasteiger partial charge is 0.478 e. The van der Waals surface area contributed by atoms with E-state index in [9.17, 15) is 9.59 Å². The molecule has 0 spiro atoms. The van der Waals surface area contributed by atoms with Gasteiger partial charge in [-0.15, -0.1) is 0 Å². The highest BCUT2D eigenvalue weighted by Gasteiger charge is 2.10. The van der Waals surface area contributed by atoms with E-state index in [0.717, 1.165) is 0 Å². The molecule has 18 heavy (non-hydrogen) atoms. The van der Waals surface area contributed by atoms with Crippen LogP contribution in [-0.2, 0) is 4.79 Å². The summed E-state index contributed by atoms with van der Waals surface area (Å²) in [4.78, 5) is 26.0. The van der Waals surface area contributed by atoms with E-state index in [4.69, 9.17) is 10.8 Å². The van der Waals surface area contributed by atoms with Gasteiger partial charge in [-0.1, -0.05) is 11.8 Å². The Kier molecular flexibility index (Phi) is 4.96. The maximum Gasteiger partial charge on any atom is 0.337 e. The van der Waals surface area contributed by atoms with Gasteiger partial charge in [-0.25, -0.2) is 9.78 Å². The molecule has 98 valence electrons. The molecule has 0 atom stereocenters. The number of amides is 1. The third-order valence-corrected chi connectivity index (χ3v) is 2.94. The van der Waals surface area contributed by atoms with Gasteiger partial charge < -0.3 is 16.2 Å². The van der Waals surface area contributed by atoms with E-state index in [1.54, 1.807) is 0 Å². The monoisotopic (exact) mass is 269 g/mol. The van der Waals surface area contributed by atoms with Gasteiger partial charge >= 0.3 is 5.97 Å². The number of nitrogens with one attached hydrogen (secondary N) is 1. The summed E-state index contributed by atoms with van der Waals surface area (Å²) in [5, 5.41) is 11.9. The number of nitrogens with zero attached hydrogens (tertiary/aromatic N) is 1. The normalized spacial score (nSPS) is 10.4. The Labute approximate surface area is 109 Å². The second kappa shape index (κ2) is 6.25. The average molecular weight is 269 g/mol. The lowest BCUT2D eigenvalue weighted by Crippen LogP contribution is -2.31. The predicted octanol–water partition coefficient (Wildman–Crippen LogP) is 0.979. The highest BCUT2D eigenvalue weighted by molar-refractivity contribution is 8.00. The van der Waals surface area contributed by atoms with Crippen LogP contribution < -0.4 is 11.1 Å². The summed E-state index contributed by atoms with van der Waals surface area (Å²) < 4.78 is 0. The molecule has 6 nitrogen and oxygen atoms in total. The number of aromatic carboxylic acids is 1. The first-order chi connectivity index (χ1) is 8.40. The van der Waals surface area contributed by atoms with Crippen LogP contribution in [0, 0.1) is 0 Å². The summed E-state index contributed by atoms with van der Waals surface area (Å²) in [7, 11) is 0. The lowest BCUT2D eigenvalue weighted by Gasteiger charge is -2.08. The first kappa shape index (κ1) is 14.3. The van der Waals surface area contributed by atoms with Crippen molar-refractivity contribution in [3.05, 3.63) is 17.8 Å². The molecule has 0 radical (unpaired) electrons. The molecule has 1 heterocycles. The topological polar surface area (TPSA) is 105 Å². The van der Waals surface area contributed by atoms with Crippen LogP contribution in [0.2, 0.25) is 0 Å². The van der Waals surface area contributed by atoms with Gasteiger partial charge in [0.25, 0.3) is 0 Å². The van der Waals surface area contributed by atoms with E-state index in [1.165, 1.54) is 24.0 Å². The molecule has 0 saturated heterocycles. The first-order valence-corrected chi connectivity index (χ1v) is 6.29. The molecule has 1 aromatic heterocycles. The smallest absolute Gasteiger partial charge is 0.337 e. The molecule has 0 aliphatic carbocycles. The minimum absolute atomic E-state index is 0.0310. The van der Waals surface area contributed by atoms with Crippen LogP contribution in [-0.4, -0.2) is 33.8 Å². The second-order valence-corrected chi connectivity index (χ2v) is 4.90. The Morgan fingerprint density at radius 2 is 2.22 bits per heavy atom. The van der Waals surface area contributed by atoms with E-state index in [2.05, 4.69) is 10.3 Å². The van der Waals surface area contributed by atoms with E-state index in [-0.39, 0.29) is 29.0 Å². The standard InChI is InChI=1S/C11H15N3O3S/c1-6(2)14-9(15)5-18-10-8(12)3-7(4-13-10)11(16)17/h3-4,6H,5,12H2,1-2H3,(H,14,15)(H,16,17). The Morgan fingerprint density at radius 3 is 2.72 bits per heavy atom. The molecule has 1 aromatic rings. The van der Waals surface area contributed by atoms with Crippen molar-refractivity contribution < 1.29 is 14.7 Å². The Morgan fingerprint density at radius 1 is 1.56 bits per heavy atom. The number of carbonyl (C=O) groups is 2. The summed E-state index contributed by atoms with van der Waals surface area (Å²) >= 11 is 1.18. The van der Waals surface area contributed by atoms with Crippen molar-refractivity contribution in [2.45, 2.75) is 24.9 Å². The zero-order chi connectivity index (χ0) is 13.7. The molecule has 0 bridgehead atoms. The predicted molar refractivity (Wildman–Crippen MR) is 69.6 cm³/mol. The number of aromatic nitrogens is 1. The molecule has 7 heteroatoms. The minimum Gasteiger partial charge on any atom is -0.478 e. The number of hydrogen-bond donors (Lipinski definition) is 3. The molecule has 4 N–H and O–H groups in total. The number of thioether (sulfide) groups is 1. The van der Waals surface area contributed by atoms with Crippen LogP contribution in [0.25, 0.3) is 0 Å². The fourth-order valence-corrected chi connectivity index (χ4v) is 1.91. The first-order valence-electron chi connectivity index (χ1n) is 5.31. The van der Waals surface area contributed by atoms with E-state index in [0.29, 0.717) is 5.03 Å². The molecule has 0 unspecified atom stereocenters. The Hall–Kier alpha value is -1.76. The van der Waals surface area contributed by atoms with Gasteiger partial charge in [0, 0.05) is 12.2 Å². The van der Waals surface area contributed by atoms with Crippen LogP contribution in [0.4, 0.5) is 5.69 Å². The lowest BCUT2D eigenvalue weighted by atomic mass is 10.3. The van der Waals surface area contributed by atoms with Gasteiger partial charge in [0.1, 0.15) is 5.03 Å². The number of carbonyl (C=O) groups excluding carboxylic acids is 1. The van der Waals surface area contributed by atoms with Gasteiger partial charge in [0.2, 0.25) is 5.91 Å². The molecule has 0 aliphatic heterocycles. The number of carboxylic acids is 1. The van der Waals surface area contributed by atoms with Crippen LogP contribution in [0.15, 0.2) is 17.3 Å². The van der Waals surface area contributed by atoms with E-state index >= 15 is 0 Å². The molecule has 0 saturated carbocycles. The Bertz CT molecular complexity index is 463. The zero-order valence-electron chi connectivity index (χ0n) is 10.1. The highest BCUT2D eigenvalue weighted by Crippen LogP contribution is 2.22. The molecule has 0 aliphatic rings. The fourth-order valence-electron chi connectivity index (χ4n) is 1.20. The highest BCUT2D eigenvalue weighted by atomic mass is 32.2. The minimum atomic E-state index is -1.08. The number of rotatable bonds is 5. The number of anilines is 1. The number of nitrogen functional groups attached to an aromatic ring is 1. The number of hydrogen-bond acceptors (Lipinski definition) is 5. The molecule has 0 aromatic carbocycles. The number of nitrogens with two attached hydrogens (primary N) is 1. The maximum atomic E-state index is 11.4. The van der Waals surface area contributed by atoms with Gasteiger partial charge in [-0.05, 0) is 19.9 Å². The second-order valence-electron chi connectivity index (χ2n) is 3.93.